The molecule has 0 aromatic carbocycles. The Morgan fingerprint density at radius 3 is 2.47 bits per heavy atom. The molecule has 15 heavy (non-hydrogen) atoms. The SMILES string of the molecule is CC(C)NCC(c1ccc(Br)s1)N(C)C. The number of thiophene rings is 1. The van der Waals surface area contributed by atoms with Gasteiger partial charge in [-0.3, -0.25) is 0 Å². The second-order valence-electron chi connectivity index (χ2n) is 4.18. The van der Waals surface area contributed by atoms with Crippen LogP contribution in [0, 0.1) is 0 Å². The molecule has 0 aliphatic carbocycles. The second-order valence-corrected chi connectivity index (χ2v) is 6.68. The van der Waals surface area contributed by atoms with Crippen LogP contribution >= 0.6 is 27.3 Å². The van der Waals surface area contributed by atoms with Crippen molar-refractivity contribution in [2.45, 2.75) is 25.9 Å². The molecule has 1 heterocycles. The lowest BCUT2D eigenvalue weighted by Gasteiger charge is -2.24. The van der Waals surface area contributed by atoms with Gasteiger partial charge in [0.1, 0.15) is 0 Å². The second kappa shape index (κ2) is 5.99. The first kappa shape index (κ1) is 13.2. The average molecular weight is 291 g/mol. The summed E-state index contributed by atoms with van der Waals surface area (Å²) in [4.78, 5) is 3.66. The summed E-state index contributed by atoms with van der Waals surface area (Å²) in [6.45, 7) is 5.35. The molecular formula is C11H19BrN2S. The maximum absolute atomic E-state index is 3.51. The number of nitrogens with zero attached hydrogens (tertiary/aromatic N) is 1. The number of rotatable bonds is 5. The van der Waals surface area contributed by atoms with E-state index in [0.29, 0.717) is 12.1 Å². The van der Waals surface area contributed by atoms with Crippen molar-refractivity contribution >= 4 is 27.3 Å². The molecule has 0 spiro atoms. The first-order valence-electron chi connectivity index (χ1n) is 5.15. The Balaban J connectivity index is 2.66. The Hall–Kier alpha value is 0.1000. The number of hydrogen-bond acceptors (Lipinski definition) is 3. The van der Waals surface area contributed by atoms with Crippen LogP contribution in [0.2, 0.25) is 0 Å². The summed E-state index contributed by atoms with van der Waals surface area (Å²) >= 11 is 5.32. The van der Waals surface area contributed by atoms with Crippen molar-refractivity contribution in [3.63, 3.8) is 0 Å². The third kappa shape index (κ3) is 4.23. The Morgan fingerprint density at radius 2 is 2.07 bits per heavy atom. The zero-order valence-corrected chi connectivity index (χ0v) is 12.2. The Morgan fingerprint density at radius 1 is 1.40 bits per heavy atom. The third-order valence-electron chi connectivity index (χ3n) is 2.27. The topological polar surface area (TPSA) is 15.3 Å². The first-order valence-corrected chi connectivity index (χ1v) is 6.76. The molecule has 1 unspecified atom stereocenters. The first-order chi connectivity index (χ1) is 7.00. The van der Waals surface area contributed by atoms with Gasteiger partial charge in [0.05, 0.1) is 9.83 Å². The van der Waals surface area contributed by atoms with Gasteiger partial charge in [-0.2, -0.15) is 0 Å². The summed E-state index contributed by atoms with van der Waals surface area (Å²) in [6.07, 6.45) is 0. The molecule has 1 aromatic heterocycles. The van der Waals surface area contributed by atoms with Gasteiger partial charge in [0.2, 0.25) is 0 Å². The Labute approximate surface area is 105 Å². The lowest BCUT2D eigenvalue weighted by Crippen LogP contribution is -2.34. The Kier molecular flexibility index (Phi) is 5.26. The quantitative estimate of drug-likeness (QED) is 0.896. The summed E-state index contributed by atoms with van der Waals surface area (Å²) in [5.41, 5.74) is 0. The highest BCUT2D eigenvalue weighted by molar-refractivity contribution is 9.11. The van der Waals surface area contributed by atoms with E-state index in [9.17, 15) is 0 Å². The Bertz CT molecular complexity index is 297. The van der Waals surface area contributed by atoms with Crippen LogP contribution in [-0.2, 0) is 0 Å². The molecule has 0 amide bonds. The predicted octanol–water partition coefficient (Wildman–Crippen LogP) is 3.11. The smallest absolute Gasteiger partial charge is 0.0702 e. The molecule has 2 nitrogen and oxygen atoms in total. The van der Waals surface area contributed by atoms with Crippen LogP contribution in [0.5, 0.6) is 0 Å². The van der Waals surface area contributed by atoms with Crippen LogP contribution in [0.15, 0.2) is 15.9 Å². The van der Waals surface area contributed by atoms with E-state index >= 15 is 0 Å². The minimum absolute atomic E-state index is 0.462. The molecule has 0 aliphatic rings. The average Bonchev–Trinajstić information content (AvgIpc) is 2.51. The number of nitrogens with one attached hydrogen (secondary N) is 1. The zero-order chi connectivity index (χ0) is 11.4. The number of halogens is 1. The largest absolute Gasteiger partial charge is 0.313 e. The third-order valence-corrected chi connectivity index (χ3v) is 3.99. The lowest BCUT2D eigenvalue weighted by atomic mass is 10.2. The van der Waals surface area contributed by atoms with Crippen LogP contribution in [0.1, 0.15) is 24.8 Å². The van der Waals surface area contributed by atoms with E-state index in [1.807, 2.05) is 11.3 Å². The standard InChI is InChI=1S/C11H19BrN2S/c1-8(2)13-7-9(14(3)4)10-5-6-11(12)15-10/h5-6,8-9,13H,7H2,1-4H3. The minimum Gasteiger partial charge on any atom is -0.313 e. The molecule has 0 aliphatic heterocycles. The van der Waals surface area contributed by atoms with E-state index in [1.54, 1.807) is 0 Å². The van der Waals surface area contributed by atoms with Gasteiger partial charge >= 0.3 is 0 Å². The molecule has 0 fully saturated rings. The highest BCUT2D eigenvalue weighted by atomic mass is 79.9. The molecule has 0 bridgehead atoms. The van der Waals surface area contributed by atoms with Crippen LogP contribution < -0.4 is 5.32 Å². The van der Waals surface area contributed by atoms with E-state index in [2.05, 4.69) is 66.2 Å². The highest BCUT2D eigenvalue weighted by Gasteiger charge is 2.15. The van der Waals surface area contributed by atoms with E-state index in [-0.39, 0.29) is 0 Å². The van der Waals surface area contributed by atoms with Gasteiger partial charge in [-0.05, 0) is 42.2 Å². The fourth-order valence-electron chi connectivity index (χ4n) is 1.39. The van der Waals surface area contributed by atoms with Gasteiger partial charge in [0.25, 0.3) is 0 Å². The molecule has 1 atom stereocenters. The summed E-state index contributed by atoms with van der Waals surface area (Å²) in [5, 5.41) is 3.48. The molecule has 0 saturated heterocycles. The van der Waals surface area contributed by atoms with E-state index in [1.165, 1.54) is 8.66 Å². The van der Waals surface area contributed by atoms with E-state index in [0.717, 1.165) is 6.54 Å². The molecule has 1 N–H and O–H groups in total. The molecule has 1 aromatic rings. The summed E-state index contributed by atoms with van der Waals surface area (Å²) in [6, 6.07) is 5.31. The van der Waals surface area contributed by atoms with E-state index in [4.69, 9.17) is 0 Å². The molecule has 4 heteroatoms. The van der Waals surface area contributed by atoms with E-state index < -0.39 is 0 Å². The van der Waals surface area contributed by atoms with Crippen molar-refractivity contribution in [1.29, 1.82) is 0 Å². The summed E-state index contributed by atoms with van der Waals surface area (Å²) < 4.78 is 1.20. The van der Waals surface area contributed by atoms with Gasteiger partial charge in [-0.25, -0.2) is 0 Å². The van der Waals surface area contributed by atoms with Crippen LogP contribution in [-0.4, -0.2) is 31.6 Å². The minimum atomic E-state index is 0.462. The summed E-state index contributed by atoms with van der Waals surface area (Å²) in [5.74, 6) is 0. The molecule has 1 rings (SSSR count). The maximum atomic E-state index is 3.51. The van der Waals surface area contributed by atoms with Gasteiger partial charge in [-0.15, -0.1) is 11.3 Å². The van der Waals surface area contributed by atoms with Gasteiger partial charge in [0, 0.05) is 17.5 Å². The van der Waals surface area contributed by atoms with Crippen LogP contribution in [0.4, 0.5) is 0 Å². The van der Waals surface area contributed by atoms with Crippen molar-refractivity contribution in [1.82, 2.24) is 10.2 Å². The van der Waals surface area contributed by atoms with Gasteiger partial charge in [0.15, 0.2) is 0 Å². The predicted molar refractivity (Wildman–Crippen MR) is 71.6 cm³/mol. The maximum Gasteiger partial charge on any atom is 0.0702 e. The molecule has 0 saturated carbocycles. The fourth-order valence-corrected chi connectivity index (χ4v) is 3.01. The van der Waals surface area contributed by atoms with Crippen molar-refractivity contribution in [3.05, 3.63) is 20.8 Å². The number of hydrogen-bond donors (Lipinski definition) is 1. The summed E-state index contributed by atoms with van der Waals surface area (Å²) in [7, 11) is 4.25. The zero-order valence-electron chi connectivity index (χ0n) is 9.75. The normalized spacial score (nSPS) is 13.8. The highest BCUT2D eigenvalue weighted by Crippen LogP contribution is 2.29. The van der Waals surface area contributed by atoms with Crippen molar-refractivity contribution < 1.29 is 0 Å². The number of likely N-dealkylation sites (N-methyl/N-ethyl adjacent to an activating group) is 1. The van der Waals surface area contributed by atoms with Crippen LogP contribution in [0.3, 0.4) is 0 Å². The van der Waals surface area contributed by atoms with Crippen molar-refractivity contribution in [3.8, 4) is 0 Å². The fraction of sp³-hybridized carbons (Fsp3) is 0.636. The van der Waals surface area contributed by atoms with Crippen LogP contribution in [0.25, 0.3) is 0 Å². The van der Waals surface area contributed by atoms with Gasteiger partial charge < -0.3 is 10.2 Å². The monoisotopic (exact) mass is 290 g/mol. The molecule has 0 radical (unpaired) electrons. The molecular weight excluding hydrogens is 272 g/mol. The van der Waals surface area contributed by atoms with Crippen molar-refractivity contribution in [2.24, 2.45) is 0 Å². The molecule has 86 valence electrons. The van der Waals surface area contributed by atoms with Crippen molar-refractivity contribution in [2.75, 3.05) is 20.6 Å². The van der Waals surface area contributed by atoms with Gasteiger partial charge in [-0.1, -0.05) is 13.8 Å². The lowest BCUT2D eigenvalue weighted by molar-refractivity contribution is 0.287.